The van der Waals surface area contributed by atoms with E-state index in [9.17, 15) is 4.39 Å². The van der Waals surface area contributed by atoms with Crippen LogP contribution in [0.15, 0.2) is 24.3 Å². The summed E-state index contributed by atoms with van der Waals surface area (Å²) in [5, 5.41) is 3.19. The Balaban J connectivity index is 1.95. The number of nitrogens with one attached hydrogen (secondary N) is 1. The van der Waals surface area contributed by atoms with Crippen molar-refractivity contribution in [2.45, 2.75) is 12.8 Å². The number of anilines is 2. The lowest BCUT2D eigenvalue weighted by molar-refractivity contribution is 0.627. The summed E-state index contributed by atoms with van der Waals surface area (Å²) in [5.41, 5.74) is 8.75. The van der Waals surface area contributed by atoms with E-state index in [1.54, 1.807) is 12.1 Å². The van der Waals surface area contributed by atoms with Crippen molar-refractivity contribution in [1.82, 2.24) is 9.97 Å². The Morgan fingerprint density at radius 3 is 2.78 bits per heavy atom. The van der Waals surface area contributed by atoms with E-state index in [4.69, 9.17) is 5.73 Å². The van der Waals surface area contributed by atoms with Crippen molar-refractivity contribution in [3.05, 3.63) is 46.9 Å². The Morgan fingerprint density at radius 2 is 2.00 bits per heavy atom. The maximum absolute atomic E-state index is 12.9. The third kappa shape index (κ3) is 1.99. The zero-order chi connectivity index (χ0) is 12.5. The maximum Gasteiger partial charge on any atom is 0.222 e. The van der Waals surface area contributed by atoms with Gasteiger partial charge in [0.1, 0.15) is 11.6 Å². The number of halogens is 1. The molecule has 18 heavy (non-hydrogen) atoms. The second kappa shape index (κ2) is 4.25. The molecule has 92 valence electrons. The Labute approximate surface area is 104 Å². The third-order valence-corrected chi connectivity index (χ3v) is 3.06. The summed E-state index contributed by atoms with van der Waals surface area (Å²) in [5.74, 6) is 0.882. The Bertz CT molecular complexity index is 580. The van der Waals surface area contributed by atoms with Gasteiger partial charge < -0.3 is 11.1 Å². The number of hydrogen-bond acceptors (Lipinski definition) is 4. The summed E-state index contributed by atoms with van der Waals surface area (Å²) in [6, 6.07) is 6.45. The number of fused-ring (bicyclic) bond motifs is 1. The van der Waals surface area contributed by atoms with Gasteiger partial charge in [0, 0.05) is 18.5 Å². The summed E-state index contributed by atoms with van der Waals surface area (Å²) >= 11 is 0. The molecule has 0 fully saturated rings. The van der Waals surface area contributed by atoms with E-state index in [2.05, 4.69) is 15.3 Å². The monoisotopic (exact) mass is 244 g/mol. The molecule has 0 spiro atoms. The van der Waals surface area contributed by atoms with Gasteiger partial charge >= 0.3 is 0 Å². The number of rotatable bonds is 2. The molecule has 0 amide bonds. The molecule has 1 aromatic carbocycles. The van der Waals surface area contributed by atoms with E-state index in [-0.39, 0.29) is 11.8 Å². The van der Waals surface area contributed by atoms with E-state index in [0.717, 1.165) is 35.6 Å². The average Bonchev–Trinajstić information content (AvgIpc) is 2.80. The van der Waals surface area contributed by atoms with Gasteiger partial charge in [-0.2, -0.15) is 4.98 Å². The van der Waals surface area contributed by atoms with Gasteiger partial charge in [0.15, 0.2) is 0 Å². The SMILES string of the molecule is Nc1nc(Cc2ccc(F)cc2)c2c(n1)NCC2. The fourth-order valence-corrected chi connectivity index (χ4v) is 2.21. The minimum Gasteiger partial charge on any atom is -0.369 e. The molecular weight excluding hydrogens is 231 g/mol. The van der Waals surface area contributed by atoms with Gasteiger partial charge in [0.05, 0.1) is 5.69 Å². The van der Waals surface area contributed by atoms with Crippen molar-refractivity contribution in [1.29, 1.82) is 0 Å². The highest BCUT2D eigenvalue weighted by Gasteiger charge is 2.18. The van der Waals surface area contributed by atoms with Gasteiger partial charge in [0.25, 0.3) is 0 Å². The number of hydrogen-bond donors (Lipinski definition) is 2. The van der Waals surface area contributed by atoms with Crippen LogP contribution in [0, 0.1) is 5.82 Å². The van der Waals surface area contributed by atoms with Gasteiger partial charge in [-0.15, -0.1) is 0 Å². The quantitative estimate of drug-likeness (QED) is 0.844. The highest BCUT2D eigenvalue weighted by Crippen LogP contribution is 2.25. The molecule has 0 unspecified atom stereocenters. The average molecular weight is 244 g/mol. The molecule has 0 aliphatic carbocycles. The zero-order valence-electron chi connectivity index (χ0n) is 9.78. The molecular formula is C13H13FN4. The van der Waals surface area contributed by atoms with Crippen molar-refractivity contribution in [3.63, 3.8) is 0 Å². The van der Waals surface area contributed by atoms with Gasteiger partial charge in [-0.25, -0.2) is 9.37 Å². The molecule has 1 aliphatic rings. The molecule has 3 rings (SSSR count). The van der Waals surface area contributed by atoms with Gasteiger partial charge in [-0.1, -0.05) is 12.1 Å². The van der Waals surface area contributed by atoms with E-state index in [1.807, 2.05) is 0 Å². The molecule has 0 saturated heterocycles. The molecule has 0 radical (unpaired) electrons. The van der Waals surface area contributed by atoms with E-state index in [1.165, 1.54) is 12.1 Å². The van der Waals surface area contributed by atoms with Crippen LogP contribution >= 0.6 is 0 Å². The molecule has 5 heteroatoms. The zero-order valence-corrected chi connectivity index (χ0v) is 9.78. The smallest absolute Gasteiger partial charge is 0.222 e. The number of nitrogen functional groups attached to an aromatic ring is 1. The molecule has 0 atom stereocenters. The first-order chi connectivity index (χ1) is 8.72. The van der Waals surface area contributed by atoms with Crippen LogP contribution in [0.3, 0.4) is 0 Å². The first-order valence-electron chi connectivity index (χ1n) is 5.86. The normalized spacial score (nSPS) is 13.2. The molecule has 1 aliphatic heterocycles. The van der Waals surface area contributed by atoms with Gasteiger partial charge in [0.2, 0.25) is 5.95 Å². The predicted octanol–water partition coefficient (Wildman–Crippen LogP) is 1.76. The summed E-state index contributed by atoms with van der Waals surface area (Å²) in [6.45, 7) is 0.865. The van der Waals surface area contributed by atoms with Crippen molar-refractivity contribution in [2.75, 3.05) is 17.6 Å². The van der Waals surface area contributed by atoms with Gasteiger partial charge in [-0.3, -0.25) is 0 Å². The standard InChI is InChI=1S/C13H13FN4/c14-9-3-1-8(2-4-9)7-11-10-5-6-16-12(10)18-13(15)17-11/h1-4H,5-7H2,(H3,15,16,17,18). The van der Waals surface area contributed by atoms with E-state index < -0.39 is 0 Å². The molecule has 3 N–H and O–H groups in total. The van der Waals surface area contributed by atoms with Crippen LogP contribution in [0.2, 0.25) is 0 Å². The van der Waals surface area contributed by atoms with Crippen molar-refractivity contribution in [2.24, 2.45) is 0 Å². The fraction of sp³-hybridized carbons (Fsp3) is 0.231. The molecule has 0 bridgehead atoms. The lowest BCUT2D eigenvalue weighted by atomic mass is 10.0. The van der Waals surface area contributed by atoms with Crippen LogP contribution in [0.4, 0.5) is 16.2 Å². The van der Waals surface area contributed by atoms with Crippen LogP contribution < -0.4 is 11.1 Å². The number of nitrogens with zero attached hydrogens (tertiary/aromatic N) is 2. The fourth-order valence-electron chi connectivity index (χ4n) is 2.21. The summed E-state index contributed by atoms with van der Waals surface area (Å²) in [6.07, 6.45) is 1.56. The highest BCUT2D eigenvalue weighted by atomic mass is 19.1. The number of benzene rings is 1. The lowest BCUT2D eigenvalue weighted by Gasteiger charge is -2.07. The number of aromatic nitrogens is 2. The summed E-state index contributed by atoms with van der Waals surface area (Å²) in [4.78, 5) is 8.46. The topological polar surface area (TPSA) is 63.8 Å². The summed E-state index contributed by atoms with van der Waals surface area (Å²) in [7, 11) is 0. The second-order valence-corrected chi connectivity index (χ2v) is 4.34. The van der Waals surface area contributed by atoms with Crippen molar-refractivity contribution >= 4 is 11.8 Å². The van der Waals surface area contributed by atoms with Crippen LogP contribution in [-0.2, 0) is 12.8 Å². The Morgan fingerprint density at radius 1 is 1.22 bits per heavy atom. The molecule has 0 saturated carbocycles. The molecule has 2 heterocycles. The number of nitrogens with two attached hydrogens (primary N) is 1. The largest absolute Gasteiger partial charge is 0.369 e. The van der Waals surface area contributed by atoms with Crippen LogP contribution in [-0.4, -0.2) is 16.5 Å². The van der Waals surface area contributed by atoms with Crippen LogP contribution in [0.1, 0.15) is 16.8 Å². The maximum atomic E-state index is 12.9. The van der Waals surface area contributed by atoms with E-state index >= 15 is 0 Å². The summed E-state index contributed by atoms with van der Waals surface area (Å²) < 4.78 is 12.9. The molecule has 1 aromatic heterocycles. The van der Waals surface area contributed by atoms with Crippen molar-refractivity contribution < 1.29 is 4.39 Å². The minimum absolute atomic E-state index is 0.229. The van der Waals surface area contributed by atoms with E-state index in [0.29, 0.717) is 6.42 Å². The third-order valence-electron chi connectivity index (χ3n) is 3.06. The molecule has 2 aromatic rings. The predicted molar refractivity (Wildman–Crippen MR) is 67.8 cm³/mol. The minimum atomic E-state index is -0.229. The molecule has 4 nitrogen and oxygen atoms in total. The Hall–Kier alpha value is -2.17. The lowest BCUT2D eigenvalue weighted by Crippen LogP contribution is -2.04. The Kier molecular flexibility index (Phi) is 2.59. The van der Waals surface area contributed by atoms with Gasteiger partial charge in [-0.05, 0) is 24.1 Å². The first-order valence-corrected chi connectivity index (χ1v) is 5.86. The first kappa shape index (κ1) is 11.0. The van der Waals surface area contributed by atoms with Crippen LogP contribution in [0.5, 0.6) is 0 Å². The van der Waals surface area contributed by atoms with Crippen molar-refractivity contribution in [3.8, 4) is 0 Å². The highest BCUT2D eigenvalue weighted by molar-refractivity contribution is 5.54. The second-order valence-electron chi connectivity index (χ2n) is 4.34. The van der Waals surface area contributed by atoms with Crippen LogP contribution in [0.25, 0.3) is 0 Å².